The number of hydrogen-bond donors (Lipinski definition) is 0. The molecule has 0 atom stereocenters. The lowest BCUT2D eigenvalue weighted by atomic mass is 9.92. The van der Waals surface area contributed by atoms with Gasteiger partial charge in [-0.2, -0.15) is 0 Å². The zero-order chi connectivity index (χ0) is 10.0. The van der Waals surface area contributed by atoms with Gasteiger partial charge in [-0.15, -0.1) is 0 Å². The Hall–Kier alpha value is -0.790. The van der Waals surface area contributed by atoms with Crippen LogP contribution in [0.15, 0.2) is 12.2 Å². The van der Waals surface area contributed by atoms with Crippen molar-refractivity contribution in [3.63, 3.8) is 0 Å². The molecule has 74 valence electrons. The van der Waals surface area contributed by atoms with E-state index in [9.17, 15) is 4.79 Å². The van der Waals surface area contributed by atoms with Crippen molar-refractivity contribution in [3.8, 4) is 0 Å². The predicted octanol–water partition coefficient (Wildman–Crippen LogP) is 2.07. The van der Waals surface area contributed by atoms with E-state index in [1.165, 1.54) is 0 Å². The summed E-state index contributed by atoms with van der Waals surface area (Å²) in [6, 6.07) is 0.377. The lowest BCUT2D eigenvalue weighted by molar-refractivity contribution is -0.128. The fraction of sp³-hybridized carbons (Fsp3) is 0.727. The maximum atomic E-state index is 11.5. The minimum absolute atomic E-state index is 0.174. The lowest BCUT2D eigenvalue weighted by Crippen LogP contribution is -2.43. The summed E-state index contributed by atoms with van der Waals surface area (Å²) in [5, 5.41) is 0. The third-order valence-electron chi connectivity index (χ3n) is 2.57. The molecule has 0 saturated carbocycles. The third kappa shape index (κ3) is 2.11. The summed E-state index contributed by atoms with van der Waals surface area (Å²) in [6.07, 6.45) is 3.62. The highest BCUT2D eigenvalue weighted by Crippen LogP contribution is 2.21. The van der Waals surface area contributed by atoms with E-state index < -0.39 is 0 Å². The molecule has 0 unspecified atom stereocenters. The van der Waals surface area contributed by atoms with Gasteiger partial charge in [0.2, 0.25) is 5.91 Å². The molecule has 2 nitrogen and oxygen atoms in total. The summed E-state index contributed by atoms with van der Waals surface area (Å²) in [5.74, 6) is 1.24. The highest BCUT2D eigenvalue weighted by atomic mass is 16.2. The fourth-order valence-corrected chi connectivity index (χ4v) is 2.21. The fourth-order valence-electron chi connectivity index (χ4n) is 2.21. The largest absolute Gasteiger partial charge is 0.332 e. The number of nitrogens with zero attached hydrogens (tertiary/aromatic N) is 1. The van der Waals surface area contributed by atoms with Crippen LogP contribution in [0, 0.1) is 11.8 Å². The van der Waals surface area contributed by atoms with Crippen molar-refractivity contribution in [2.45, 2.75) is 33.7 Å². The van der Waals surface area contributed by atoms with Gasteiger partial charge in [-0.05, 0) is 11.8 Å². The Morgan fingerprint density at radius 3 is 2.08 bits per heavy atom. The first-order valence-corrected chi connectivity index (χ1v) is 5.01. The highest BCUT2D eigenvalue weighted by molar-refractivity contribution is 5.90. The van der Waals surface area contributed by atoms with Crippen LogP contribution in [-0.4, -0.2) is 23.4 Å². The molecule has 2 heteroatoms. The molecule has 0 saturated heterocycles. The standard InChI is InChI=1S/C11H19NO/c1-8(2)11(9(3)4)12-7-5-6-10(12)13/h5-6,8-9,11H,7H2,1-4H3. The van der Waals surface area contributed by atoms with Crippen LogP contribution in [0.2, 0.25) is 0 Å². The first-order chi connectivity index (χ1) is 6.04. The van der Waals surface area contributed by atoms with E-state index in [4.69, 9.17) is 0 Å². The summed E-state index contributed by atoms with van der Waals surface area (Å²) in [7, 11) is 0. The maximum Gasteiger partial charge on any atom is 0.246 e. The first-order valence-electron chi connectivity index (χ1n) is 5.01. The molecule has 1 aliphatic rings. The second kappa shape index (κ2) is 3.95. The molecule has 1 amide bonds. The topological polar surface area (TPSA) is 20.3 Å². The smallest absolute Gasteiger partial charge is 0.246 e. The molecule has 1 heterocycles. The van der Waals surface area contributed by atoms with Crippen molar-refractivity contribution < 1.29 is 4.79 Å². The molecule has 0 spiro atoms. The Morgan fingerprint density at radius 1 is 1.23 bits per heavy atom. The van der Waals surface area contributed by atoms with Crippen molar-refractivity contribution in [1.29, 1.82) is 0 Å². The SMILES string of the molecule is CC(C)C(C(C)C)N1CC=CC1=O. The van der Waals surface area contributed by atoms with Crippen molar-refractivity contribution in [1.82, 2.24) is 4.90 Å². The van der Waals surface area contributed by atoms with Gasteiger partial charge in [-0.25, -0.2) is 0 Å². The van der Waals surface area contributed by atoms with Gasteiger partial charge in [0.1, 0.15) is 0 Å². The van der Waals surface area contributed by atoms with Gasteiger partial charge >= 0.3 is 0 Å². The Balaban J connectivity index is 2.71. The van der Waals surface area contributed by atoms with Gasteiger partial charge in [0.25, 0.3) is 0 Å². The number of hydrogen-bond acceptors (Lipinski definition) is 1. The van der Waals surface area contributed by atoms with Crippen LogP contribution in [0.5, 0.6) is 0 Å². The number of amides is 1. The van der Waals surface area contributed by atoms with Gasteiger partial charge in [0, 0.05) is 18.7 Å². The van der Waals surface area contributed by atoms with Crippen molar-refractivity contribution in [2.24, 2.45) is 11.8 Å². The zero-order valence-corrected chi connectivity index (χ0v) is 8.95. The van der Waals surface area contributed by atoms with Crippen LogP contribution in [0.1, 0.15) is 27.7 Å². The van der Waals surface area contributed by atoms with E-state index in [1.807, 2.05) is 11.0 Å². The summed E-state index contributed by atoms with van der Waals surface area (Å²) in [4.78, 5) is 13.4. The molecule has 0 bridgehead atoms. The molecule has 0 aromatic heterocycles. The van der Waals surface area contributed by atoms with Crippen LogP contribution < -0.4 is 0 Å². The Morgan fingerprint density at radius 2 is 1.77 bits per heavy atom. The molecule has 0 fully saturated rings. The molecule has 0 aromatic carbocycles. The second-order valence-corrected chi connectivity index (χ2v) is 4.37. The lowest BCUT2D eigenvalue weighted by Gasteiger charge is -2.34. The van der Waals surface area contributed by atoms with E-state index in [1.54, 1.807) is 6.08 Å². The molecular weight excluding hydrogens is 162 g/mol. The summed E-state index contributed by atoms with van der Waals surface area (Å²) < 4.78 is 0. The number of carbonyl (C=O) groups is 1. The Kier molecular flexibility index (Phi) is 3.12. The highest BCUT2D eigenvalue weighted by Gasteiger charge is 2.28. The minimum atomic E-state index is 0.174. The van der Waals surface area contributed by atoms with E-state index in [0.29, 0.717) is 17.9 Å². The average molecular weight is 181 g/mol. The summed E-state index contributed by atoms with van der Waals surface area (Å²) in [6.45, 7) is 9.50. The van der Waals surface area contributed by atoms with Crippen LogP contribution in [0.25, 0.3) is 0 Å². The second-order valence-electron chi connectivity index (χ2n) is 4.37. The van der Waals surface area contributed by atoms with Gasteiger partial charge in [0.05, 0.1) is 0 Å². The normalized spacial score (nSPS) is 17.2. The molecule has 0 aromatic rings. The number of rotatable bonds is 3. The van der Waals surface area contributed by atoms with E-state index in [0.717, 1.165) is 6.54 Å². The summed E-state index contributed by atoms with van der Waals surface area (Å²) in [5.41, 5.74) is 0. The van der Waals surface area contributed by atoms with Crippen molar-refractivity contribution in [3.05, 3.63) is 12.2 Å². The van der Waals surface area contributed by atoms with Crippen LogP contribution in [-0.2, 0) is 4.79 Å². The molecule has 0 radical (unpaired) electrons. The Bertz CT molecular complexity index is 210. The minimum Gasteiger partial charge on any atom is -0.332 e. The van der Waals surface area contributed by atoms with E-state index in [2.05, 4.69) is 27.7 Å². The molecular formula is C11H19NO. The van der Waals surface area contributed by atoms with Gasteiger partial charge in [-0.3, -0.25) is 4.79 Å². The third-order valence-corrected chi connectivity index (χ3v) is 2.57. The zero-order valence-electron chi connectivity index (χ0n) is 8.95. The molecule has 13 heavy (non-hydrogen) atoms. The molecule has 1 aliphatic heterocycles. The summed E-state index contributed by atoms with van der Waals surface area (Å²) >= 11 is 0. The van der Waals surface area contributed by atoms with E-state index >= 15 is 0 Å². The first kappa shape index (κ1) is 10.3. The van der Waals surface area contributed by atoms with E-state index in [-0.39, 0.29) is 5.91 Å². The van der Waals surface area contributed by atoms with Gasteiger partial charge in [-0.1, -0.05) is 33.8 Å². The van der Waals surface area contributed by atoms with Crippen molar-refractivity contribution >= 4 is 5.91 Å². The predicted molar refractivity (Wildman–Crippen MR) is 54.3 cm³/mol. The maximum absolute atomic E-state index is 11.5. The average Bonchev–Trinajstić information content (AvgIpc) is 2.35. The molecule has 1 rings (SSSR count). The quantitative estimate of drug-likeness (QED) is 0.652. The van der Waals surface area contributed by atoms with Crippen molar-refractivity contribution in [2.75, 3.05) is 6.54 Å². The molecule has 0 aliphatic carbocycles. The van der Waals surface area contributed by atoms with Crippen LogP contribution >= 0.6 is 0 Å². The monoisotopic (exact) mass is 181 g/mol. The van der Waals surface area contributed by atoms with Crippen LogP contribution in [0.4, 0.5) is 0 Å². The molecule has 0 N–H and O–H groups in total. The Labute approximate surface area is 80.6 Å². The van der Waals surface area contributed by atoms with Gasteiger partial charge in [0.15, 0.2) is 0 Å². The number of carbonyl (C=O) groups excluding carboxylic acids is 1. The van der Waals surface area contributed by atoms with Crippen LogP contribution in [0.3, 0.4) is 0 Å². The van der Waals surface area contributed by atoms with Gasteiger partial charge < -0.3 is 4.90 Å².